The van der Waals surface area contributed by atoms with Crippen LogP contribution in [-0.4, -0.2) is 12.1 Å². The molecule has 86 valence electrons. The van der Waals surface area contributed by atoms with E-state index in [1.807, 2.05) is 0 Å². The molecule has 0 aliphatic heterocycles. The molecule has 0 radical (unpaired) electrons. The molecule has 3 atom stereocenters. The van der Waals surface area contributed by atoms with Gasteiger partial charge in [-0.3, -0.25) is 4.79 Å². The Morgan fingerprint density at radius 3 is 3.06 bits per heavy atom. The third kappa shape index (κ3) is 1.63. The van der Waals surface area contributed by atoms with Crippen LogP contribution in [-0.2, 0) is 9.53 Å². The fourth-order valence-corrected chi connectivity index (χ4v) is 3.09. The first-order chi connectivity index (χ1) is 7.58. The van der Waals surface area contributed by atoms with Crippen LogP contribution in [0.1, 0.15) is 39.5 Å². The average molecular weight is 219 g/mol. The lowest BCUT2D eigenvalue weighted by Gasteiger charge is -2.39. The van der Waals surface area contributed by atoms with Crippen molar-refractivity contribution in [2.24, 2.45) is 11.3 Å². The highest BCUT2D eigenvalue weighted by molar-refractivity contribution is 5.66. The SMILES string of the molecule is CC(=O)O[C@H]1CCCC2(C)C1=CC[C@H]2C#N. The van der Waals surface area contributed by atoms with E-state index < -0.39 is 0 Å². The Morgan fingerprint density at radius 2 is 2.44 bits per heavy atom. The van der Waals surface area contributed by atoms with Gasteiger partial charge in [0.25, 0.3) is 0 Å². The molecule has 2 aliphatic carbocycles. The van der Waals surface area contributed by atoms with Gasteiger partial charge in [-0.15, -0.1) is 0 Å². The standard InChI is InChI=1S/C13H17NO2/c1-9(15)16-12-4-3-7-13(2)10(8-14)5-6-11(12)13/h6,10,12H,3-5,7H2,1-2H3/t10-,12-,13?/m0/s1. The molecule has 2 rings (SSSR count). The molecule has 1 fully saturated rings. The van der Waals surface area contributed by atoms with E-state index in [1.165, 1.54) is 12.5 Å². The normalized spacial score (nSPS) is 37.2. The number of hydrogen-bond donors (Lipinski definition) is 0. The zero-order valence-corrected chi connectivity index (χ0v) is 9.82. The quantitative estimate of drug-likeness (QED) is 0.503. The summed E-state index contributed by atoms with van der Waals surface area (Å²) in [6, 6.07) is 2.38. The van der Waals surface area contributed by atoms with Gasteiger partial charge in [0.15, 0.2) is 0 Å². The van der Waals surface area contributed by atoms with Crippen molar-refractivity contribution < 1.29 is 9.53 Å². The topological polar surface area (TPSA) is 50.1 Å². The van der Waals surface area contributed by atoms with Crippen LogP contribution in [0.3, 0.4) is 0 Å². The Balaban J connectivity index is 2.23. The number of carbonyl (C=O) groups is 1. The van der Waals surface area contributed by atoms with Crippen molar-refractivity contribution in [3.63, 3.8) is 0 Å². The molecule has 3 heteroatoms. The summed E-state index contributed by atoms with van der Waals surface area (Å²) in [6.07, 6.45) is 5.80. The van der Waals surface area contributed by atoms with Crippen molar-refractivity contribution >= 4 is 5.97 Å². The molecule has 1 unspecified atom stereocenters. The zero-order chi connectivity index (χ0) is 11.8. The van der Waals surface area contributed by atoms with E-state index >= 15 is 0 Å². The van der Waals surface area contributed by atoms with Crippen molar-refractivity contribution in [3.05, 3.63) is 11.6 Å². The predicted octanol–water partition coefficient (Wildman–Crippen LogP) is 2.58. The molecular weight excluding hydrogens is 202 g/mol. The smallest absolute Gasteiger partial charge is 0.303 e. The monoisotopic (exact) mass is 219 g/mol. The van der Waals surface area contributed by atoms with Gasteiger partial charge < -0.3 is 4.74 Å². The average Bonchev–Trinajstić information content (AvgIpc) is 2.54. The molecule has 1 saturated carbocycles. The molecule has 0 aromatic heterocycles. The molecule has 0 spiro atoms. The number of rotatable bonds is 1. The van der Waals surface area contributed by atoms with Crippen LogP contribution >= 0.6 is 0 Å². The largest absolute Gasteiger partial charge is 0.458 e. The summed E-state index contributed by atoms with van der Waals surface area (Å²) in [6.45, 7) is 3.58. The Labute approximate surface area is 96.1 Å². The van der Waals surface area contributed by atoms with E-state index in [0.29, 0.717) is 0 Å². The van der Waals surface area contributed by atoms with Crippen molar-refractivity contribution in [1.29, 1.82) is 5.26 Å². The molecular formula is C13H17NO2. The van der Waals surface area contributed by atoms with Gasteiger partial charge in [0.1, 0.15) is 6.10 Å². The van der Waals surface area contributed by atoms with Gasteiger partial charge in [0.05, 0.1) is 12.0 Å². The molecule has 0 aromatic rings. The maximum absolute atomic E-state index is 11.0. The Bertz CT molecular complexity index is 380. The van der Waals surface area contributed by atoms with Crippen LogP contribution in [0.5, 0.6) is 0 Å². The van der Waals surface area contributed by atoms with Gasteiger partial charge >= 0.3 is 5.97 Å². The van der Waals surface area contributed by atoms with Gasteiger partial charge in [-0.2, -0.15) is 5.26 Å². The van der Waals surface area contributed by atoms with E-state index in [2.05, 4.69) is 19.1 Å². The second-order valence-electron chi connectivity index (χ2n) is 4.98. The first-order valence-corrected chi connectivity index (χ1v) is 5.85. The van der Waals surface area contributed by atoms with E-state index in [0.717, 1.165) is 25.7 Å². The second kappa shape index (κ2) is 3.93. The maximum atomic E-state index is 11.0. The zero-order valence-electron chi connectivity index (χ0n) is 9.82. The van der Waals surface area contributed by atoms with Crippen LogP contribution in [0.4, 0.5) is 0 Å². The molecule has 0 heterocycles. The lowest BCUT2D eigenvalue weighted by molar-refractivity contribution is -0.146. The number of ether oxygens (including phenoxy) is 1. The van der Waals surface area contributed by atoms with Crippen molar-refractivity contribution in [1.82, 2.24) is 0 Å². The number of carbonyl (C=O) groups excluding carboxylic acids is 1. The fourth-order valence-electron chi connectivity index (χ4n) is 3.09. The summed E-state index contributed by atoms with van der Waals surface area (Å²) in [4.78, 5) is 11.0. The van der Waals surface area contributed by atoms with Gasteiger partial charge in [-0.05, 0) is 31.3 Å². The molecule has 0 bridgehead atoms. The third-order valence-electron chi connectivity index (χ3n) is 3.98. The van der Waals surface area contributed by atoms with E-state index in [-0.39, 0.29) is 23.4 Å². The summed E-state index contributed by atoms with van der Waals surface area (Å²) < 4.78 is 5.35. The number of esters is 1. The third-order valence-corrected chi connectivity index (χ3v) is 3.98. The number of nitriles is 1. The summed E-state index contributed by atoms with van der Waals surface area (Å²) in [5.41, 5.74) is 1.12. The highest BCUT2D eigenvalue weighted by atomic mass is 16.5. The highest BCUT2D eigenvalue weighted by Gasteiger charge is 2.47. The predicted molar refractivity (Wildman–Crippen MR) is 59.3 cm³/mol. The van der Waals surface area contributed by atoms with Gasteiger partial charge in [0, 0.05) is 12.3 Å². The summed E-state index contributed by atoms with van der Waals surface area (Å²) in [5.74, 6) is -0.170. The van der Waals surface area contributed by atoms with Crippen molar-refractivity contribution in [2.45, 2.75) is 45.6 Å². The highest BCUT2D eigenvalue weighted by Crippen LogP contribution is 2.52. The number of hydrogen-bond acceptors (Lipinski definition) is 3. The van der Waals surface area contributed by atoms with Crippen molar-refractivity contribution in [2.75, 3.05) is 0 Å². The summed E-state index contributed by atoms with van der Waals surface area (Å²) >= 11 is 0. The first kappa shape index (κ1) is 11.2. The van der Waals surface area contributed by atoms with Gasteiger partial charge in [-0.25, -0.2) is 0 Å². The Morgan fingerprint density at radius 1 is 1.69 bits per heavy atom. The van der Waals surface area contributed by atoms with E-state index in [1.54, 1.807) is 0 Å². The van der Waals surface area contributed by atoms with Gasteiger partial charge in [0.2, 0.25) is 0 Å². The molecule has 0 aromatic carbocycles. The lowest BCUT2D eigenvalue weighted by atomic mass is 9.67. The molecule has 16 heavy (non-hydrogen) atoms. The van der Waals surface area contributed by atoms with Crippen LogP contribution in [0.25, 0.3) is 0 Å². The summed E-state index contributed by atoms with van der Waals surface area (Å²) in [5, 5.41) is 9.15. The second-order valence-corrected chi connectivity index (χ2v) is 4.98. The van der Waals surface area contributed by atoms with Crippen LogP contribution < -0.4 is 0 Å². The molecule has 3 nitrogen and oxygen atoms in total. The van der Waals surface area contributed by atoms with Crippen LogP contribution in [0.2, 0.25) is 0 Å². The van der Waals surface area contributed by atoms with Crippen LogP contribution in [0, 0.1) is 22.7 Å². The molecule has 0 N–H and O–H groups in total. The molecule has 0 saturated heterocycles. The molecule has 2 aliphatic rings. The number of nitrogens with zero attached hydrogens (tertiary/aromatic N) is 1. The minimum absolute atomic E-state index is 0.0564. The molecule has 0 amide bonds. The number of allylic oxidation sites excluding steroid dienone is 1. The minimum Gasteiger partial charge on any atom is -0.458 e. The lowest BCUT2D eigenvalue weighted by Crippen LogP contribution is -2.36. The maximum Gasteiger partial charge on any atom is 0.303 e. The van der Waals surface area contributed by atoms with Gasteiger partial charge in [-0.1, -0.05) is 13.0 Å². The summed E-state index contributed by atoms with van der Waals surface area (Å²) in [7, 11) is 0. The Hall–Kier alpha value is -1.30. The van der Waals surface area contributed by atoms with E-state index in [9.17, 15) is 4.79 Å². The Kier molecular flexibility index (Phi) is 2.75. The fraction of sp³-hybridized carbons (Fsp3) is 0.692. The van der Waals surface area contributed by atoms with Crippen LogP contribution in [0.15, 0.2) is 11.6 Å². The number of fused-ring (bicyclic) bond motifs is 1. The minimum atomic E-state index is -0.226. The first-order valence-electron chi connectivity index (χ1n) is 5.85. The van der Waals surface area contributed by atoms with E-state index in [4.69, 9.17) is 10.00 Å². The van der Waals surface area contributed by atoms with Crippen molar-refractivity contribution in [3.8, 4) is 6.07 Å².